The Morgan fingerprint density at radius 3 is 2.69 bits per heavy atom. The molecule has 2 fully saturated rings. The Balaban J connectivity index is 1.45. The van der Waals surface area contributed by atoms with E-state index in [1.807, 2.05) is 66.8 Å². The van der Waals surface area contributed by atoms with Crippen molar-refractivity contribution in [3.05, 3.63) is 66.8 Å². The molecule has 2 amide bonds. The molecule has 0 bridgehead atoms. The van der Waals surface area contributed by atoms with Crippen LogP contribution in [0.15, 0.2) is 66.8 Å². The topological polar surface area (TPSA) is 96.4 Å². The molecular formula is C28H28N2O6. The first-order chi connectivity index (χ1) is 17.5. The van der Waals surface area contributed by atoms with Crippen molar-refractivity contribution in [3.8, 4) is 0 Å². The minimum Gasteiger partial charge on any atom is -0.465 e. The monoisotopic (exact) mass is 488 g/mol. The van der Waals surface area contributed by atoms with E-state index in [0.717, 1.165) is 16.5 Å². The van der Waals surface area contributed by atoms with E-state index in [9.17, 15) is 19.5 Å². The first kappa shape index (κ1) is 22.9. The van der Waals surface area contributed by atoms with E-state index in [2.05, 4.69) is 0 Å². The second-order valence-electron chi connectivity index (χ2n) is 9.72. The highest BCUT2D eigenvalue weighted by atomic mass is 16.6. The molecule has 4 aliphatic rings. The summed E-state index contributed by atoms with van der Waals surface area (Å²) in [6.07, 6.45) is 7.62. The van der Waals surface area contributed by atoms with Crippen molar-refractivity contribution in [2.45, 2.75) is 30.6 Å². The average molecular weight is 489 g/mol. The SMILES string of the molecule is O=C1OCCC=C[C@H]2OC34C=CCN(c5ccc6ccccc6c5)C(=O)[C@H]3N(CCCO)C(=O)[C@@H]4C12. The van der Waals surface area contributed by atoms with Gasteiger partial charge in [-0.3, -0.25) is 14.4 Å². The van der Waals surface area contributed by atoms with Gasteiger partial charge in [-0.05, 0) is 35.7 Å². The molecule has 36 heavy (non-hydrogen) atoms. The molecule has 2 saturated heterocycles. The standard InChI is InChI=1S/C28H28N2O6/c31-15-6-14-30-24-26(33)29(20-11-10-18-7-1-2-8-19(18)17-20)13-5-12-28(24)23(25(30)32)22-21(36-28)9-3-4-16-35-27(22)34/h1-3,5,7-12,17,21-24,31H,4,6,13-16H2/t21-,22?,23+,24-,28?/m1/s1. The summed E-state index contributed by atoms with van der Waals surface area (Å²) >= 11 is 0. The maximum absolute atomic E-state index is 14.3. The largest absolute Gasteiger partial charge is 0.465 e. The number of anilines is 1. The molecule has 0 radical (unpaired) electrons. The Morgan fingerprint density at radius 2 is 1.86 bits per heavy atom. The number of aliphatic hydroxyl groups is 1. The molecular weight excluding hydrogens is 460 g/mol. The number of amides is 2. The number of carbonyl (C=O) groups excluding carboxylic acids is 3. The predicted octanol–water partition coefficient (Wildman–Crippen LogP) is 2.21. The Bertz CT molecular complexity index is 1290. The number of aliphatic hydroxyl groups excluding tert-OH is 1. The van der Waals surface area contributed by atoms with Crippen LogP contribution in [0.5, 0.6) is 0 Å². The maximum Gasteiger partial charge on any atom is 0.312 e. The van der Waals surface area contributed by atoms with Crippen molar-refractivity contribution >= 4 is 34.2 Å². The van der Waals surface area contributed by atoms with Crippen LogP contribution in [0, 0.1) is 11.8 Å². The average Bonchev–Trinajstić information content (AvgIpc) is 3.25. The lowest BCUT2D eigenvalue weighted by molar-refractivity contribution is -0.154. The van der Waals surface area contributed by atoms with E-state index >= 15 is 0 Å². The van der Waals surface area contributed by atoms with Crippen molar-refractivity contribution < 1.29 is 29.0 Å². The van der Waals surface area contributed by atoms with Gasteiger partial charge < -0.3 is 24.4 Å². The molecule has 0 saturated carbocycles. The number of fused-ring (bicyclic) bond motifs is 3. The summed E-state index contributed by atoms with van der Waals surface area (Å²) in [6.45, 7) is 0.622. The highest BCUT2D eigenvalue weighted by Crippen LogP contribution is 2.53. The van der Waals surface area contributed by atoms with Crippen LogP contribution in [-0.4, -0.2) is 71.8 Å². The molecule has 8 nitrogen and oxygen atoms in total. The van der Waals surface area contributed by atoms with Gasteiger partial charge in [0, 0.05) is 25.4 Å². The van der Waals surface area contributed by atoms with Gasteiger partial charge >= 0.3 is 5.97 Å². The number of likely N-dealkylation sites (tertiary alicyclic amines) is 1. The summed E-state index contributed by atoms with van der Waals surface area (Å²) < 4.78 is 12.0. The minimum atomic E-state index is -1.29. The highest BCUT2D eigenvalue weighted by molar-refractivity contribution is 6.06. The Kier molecular flexibility index (Phi) is 5.65. The zero-order valence-corrected chi connectivity index (χ0v) is 19.8. The van der Waals surface area contributed by atoms with Gasteiger partial charge in [0.2, 0.25) is 5.91 Å². The number of benzene rings is 2. The first-order valence-electron chi connectivity index (χ1n) is 12.5. The molecule has 2 aromatic carbocycles. The highest BCUT2D eigenvalue weighted by Gasteiger charge is 2.71. The van der Waals surface area contributed by atoms with Gasteiger partial charge in [0.25, 0.3) is 5.91 Å². The number of hydrogen-bond donors (Lipinski definition) is 1. The van der Waals surface area contributed by atoms with Gasteiger partial charge in [0.15, 0.2) is 0 Å². The molecule has 2 unspecified atom stereocenters. The quantitative estimate of drug-likeness (QED) is 0.524. The van der Waals surface area contributed by atoms with Crippen molar-refractivity contribution in [3.63, 3.8) is 0 Å². The number of hydrogen-bond acceptors (Lipinski definition) is 6. The lowest BCUT2D eigenvalue weighted by Gasteiger charge is -2.35. The molecule has 186 valence electrons. The zero-order valence-electron chi connectivity index (χ0n) is 19.8. The lowest BCUT2D eigenvalue weighted by Crippen LogP contribution is -2.55. The smallest absolute Gasteiger partial charge is 0.312 e. The summed E-state index contributed by atoms with van der Waals surface area (Å²) in [6, 6.07) is 12.8. The van der Waals surface area contributed by atoms with Crippen LogP contribution < -0.4 is 4.90 Å². The number of rotatable bonds is 4. The summed E-state index contributed by atoms with van der Waals surface area (Å²) in [5.74, 6) is -2.77. The third kappa shape index (κ3) is 3.39. The molecule has 8 heteroatoms. The van der Waals surface area contributed by atoms with E-state index in [-0.39, 0.29) is 31.6 Å². The predicted molar refractivity (Wildman–Crippen MR) is 132 cm³/mol. The van der Waals surface area contributed by atoms with Crippen molar-refractivity contribution in [1.29, 1.82) is 0 Å². The fraction of sp³-hybridized carbons (Fsp3) is 0.393. The van der Waals surface area contributed by atoms with Crippen molar-refractivity contribution in [2.24, 2.45) is 11.8 Å². The van der Waals surface area contributed by atoms with Gasteiger partial charge in [0.05, 0.1) is 18.6 Å². The normalized spacial score (nSPS) is 31.5. The molecule has 1 N–H and O–H groups in total. The number of nitrogens with zero attached hydrogens (tertiary/aromatic N) is 2. The van der Waals surface area contributed by atoms with Gasteiger partial charge in [-0.2, -0.15) is 0 Å². The van der Waals surface area contributed by atoms with Crippen LogP contribution in [0.2, 0.25) is 0 Å². The van der Waals surface area contributed by atoms with E-state index in [1.54, 1.807) is 4.90 Å². The zero-order chi connectivity index (χ0) is 24.9. The van der Waals surface area contributed by atoms with E-state index in [4.69, 9.17) is 9.47 Å². The fourth-order valence-electron chi connectivity index (χ4n) is 6.16. The third-order valence-corrected chi connectivity index (χ3v) is 7.72. The lowest BCUT2D eigenvalue weighted by atomic mass is 9.77. The van der Waals surface area contributed by atoms with Gasteiger partial charge in [0.1, 0.15) is 17.6 Å². The summed E-state index contributed by atoms with van der Waals surface area (Å²) in [5.41, 5.74) is -0.570. The first-order valence-corrected chi connectivity index (χ1v) is 12.5. The second-order valence-corrected chi connectivity index (χ2v) is 9.72. The van der Waals surface area contributed by atoms with E-state index in [1.165, 1.54) is 4.90 Å². The van der Waals surface area contributed by atoms with Crippen LogP contribution in [0.3, 0.4) is 0 Å². The summed E-state index contributed by atoms with van der Waals surface area (Å²) in [7, 11) is 0. The number of carbonyl (C=O) groups is 3. The Labute approximate surface area is 208 Å². The van der Waals surface area contributed by atoms with Crippen LogP contribution in [0.25, 0.3) is 10.8 Å². The van der Waals surface area contributed by atoms with E-state index in [0.29, 0.717) is 19.4 Å². The van der Waals surface area contributed by atoms with Crippen LogP contribution in [0.4, 0.5) is 5.69 Å². The van der Waals surface area contributed by atoms with Crippen LogP contribution >= 0.6 is 0 Å². The molecule has 0 aliphatic carbocycles. The molecule has 1 spiro atoms. The molecule has 4 heterocycles. The molecule has 0 aromatic heterocycles. The Hall–Kier alpha value is -3.49. The van der Waals surface area contributed by atoms with E-state index < -0.39 is 35.6 Å². The van der Waals surface area contributed by atoms with Crippen LogP contribution in [0.1, 0.15) is 12.8 Å². The third-order valence-electron chi connectivity index (χ3n) is 7.72. The Morgan fingerprint density at radius 1 is 1.03 bits per heavy atom. The van der Waals surface area contributed by atoms with Gasteiger partial charge in [-0.15, -0.1) is 0 Å². The number of esters is 1. The second kappa shape index (κ2) is 8.87. The summed E-state index contributed by atoms with van der Waals surface area (Å²) in [5, 5.41) is 11.6. The maximum atomic E-state index is 14.3. The molecule has 2 aromatic rings. The molecule has 6 rings (SSSR count). The number of cyclic esters (lactones) is 1. The number of ether oxygens (including phenoxy) is 2. The van der Waals surface area contributed by atoms with Gasteiger partial charge in [-0.25, -0.2) is 0 Å². The molecule has 5 atom stereocenters. The van der Waals surface area contributed by atoms with Gasteiger partial charge in [-0.1, -0.05) is 54.6 Å². The molecule has 4 aliphatic heterocycles. The summed E-state index contributed by atoms with van der Waals surface area (Å²) in [4.78, 5) is 44.3. The fourth-order valence-corrected chi connectivity index (χ4v) is 6.16. The van der Waals surface area contributed by atoms with Crippen LogP contribution in [-0.2, 0) is 23.9 Å². The minimum absolute atomic E-state index is 0.121. The van der Waals surface area contributed by atoms with Crippen molar-refractivity contribution in [2.75, 3.05) is 31.2 Å². The van der Waals surface area contributed by atoms with Crippen molar-refractivity contribution in [1.82, 2.24) is 4.90 Å².